The highest BCUT2D eigenvalue weighted by molar-refractivity contribution is 5.79. The van der Waals surface area contributed by atoms with Crippen LogP contribution in [0.5, 0.6) is 0 Å². The zero-order valence-corrected chi connectivity index (χ0v) is 16.1. The molecule has 4 nitrogen and oxygen atoms in total. The second-order valence-electron chi connectivity index (χ2n) is 7.10. The van der Waals surface area contributed by atoms with Gasteiger partial charge in [0.05, 0.1) is 0 Å². The van der Waals surface area contributed by atoms with Crippen molar-refractivity contribution in [1.29, 1.82) is 0 Å². The Labute approximate surface area is 154 Å². The third kappa shape index (κ3) is 7.91. The van der Waals surface area contributed by atoms with E-state index >= 15 is 0 Å². The Morgan fingerprint density at radius 2 is 1.84 bits per heavy atom. The van der Waals surface area contributed by atoms with E-state index < -0.39 is 0 Å². The van der Waals surface area contributed by atoms with E-state index in [4.69, 9.17) is 0 Å². The Bertz CT molecular complexity index is 486. The van der Waals surface area contributed by atoms with Gasteiger partial charge in [0.15, 0.2) is 5.96 Å². The van der Waals surface area contributed by atoms with Gasteiger partial charge in [0.1, 0.15) is 0 Å². The zero-order valence-electron chi connectivity index (χ0n) is 16.1. The summed E-state index contributed by atoms with van der Waals surface area (Å²) in [5.74, 6) is 0.930. The first-order valence-corrected chi connectivity index (χ1v) is 10.0. The van der Waals surface area contributed by atoms with Crippen molar-refractivity contribution in [3.05, 3.63) is 35.9 Å². The molecule has 0 saturated carbocycles. The maximum absolute atomic E-state index is 4.32. The van der Waals surface area contributed by atoms with Crippen molar-refractivity contribution in [1.82, 2.24) is 15.5 Å². The number of aryl methyl sites for hydroxylation is 1. The average molecular weight is 345 g/mol. The molecule has 0 aromatic heterocycles. The molecule has 1 aliphatic rings. The topological polar surface area (TPSA) is 39.7 Å². The van der Waals surface area contributed by atoms with Gasteiger partial charge < -0.3 is 15.5 Å². The summed E-state index contributed by atoms with van der Waals surface area (Å²) in [7, 11) is 1.85. The summed E-state index contributed by atoms with van der Waals surface area (Å²) in [6, 6.07) is 11.4. The molecule has 0 radical (unpaired) electrons. The lowest BCUT2D eigenvalue weighted by atomic mass is 10.0. The van der Waals surface area contributed by atoms with Crippen molar-refractivity contribution in [2.75, 3.05) is 33.2 Å². The molecule has 0 spiro atoms. The normalized spacial score (nSPS) is 19.0. The highest BCUT2D eigenvalue weighted by atomic mass is 15.2. The Morgan fingerprint density at radius 1 is 1.08 bits per heavy atom. The van der Waals surface area contributed by atoms with Gasteiger partial charge in [-0.3, -0.25) is 4.99 Å². The molecule has 1 unspecified atom stereocenters. The van der Waals surface area contributed by atoms with Gasteiger partial charge in [-0.1, -0.05) is 36.8 Å². The number of nitrogens with one attached hydrogen (secondary N) is 2. The summed E-state index contributed by atoms with van der Waals surface area (Å²) < 4.78 is 0. The minimum atomic E-state index is 0.778. The number of aliphatic imine (C=N–C) groups is 1. The molecule has 4 heteroatoms. The van der Waals surface area contributed by atoms with Gasteiger partial charge in [0, 0.05) is 26.2 Å². The van der Waals surface area contributed by atoms with Gasteiger partial charge in [-0.05, 0) is 64.1 Å². The lowest BCUT2D eigenvalue weighted by molar-refractivity contribution is 0.158. The number of unbranched alkanes of at least 4 members (excludes halogenated alkanes) is 1. The predicted molar refractivity (Wildman–Crippen MR) is 108 cm³/mol. The number of rotatable bonds is 9. The fourth-order valence-electron chi connectivity index (χ4n) is 3.50. The fourth-order valence-corrected chi connectivity index (χ4v) is 3.50. The fraction of sp³-hybridized carbons (Fsp3) is 0.667. The third-order valence-corrected chi connectivity index (χ3v) is 5.11. The first kappa shape index (κ1) is 19.8. The number of nitrogens with zero attached hydrogens (tertiary/aromatic N) is 2. The average Bonchev–Trinajstić information content (AvgIpc) is 2.65. The second-order valence-corrected chi connectivity index (χ2v) is 7.10. The van der Waals surface area contributed by atoms with Gasteiger partial charge in [-0.25, -0.2) is 0 Å². The molecule has 1 aromatic carbocycles. The highest BCUT2D eigenvalue weighted by Gasteiger charge is 2.16. The number of likely N-dealkylation sites (tertiary alicyclic amines) is 1. The SMILES string of the molecule is CN=C(NCCCCN1CCCCC1C)NCCCc1ccccc1. The molecule has 0 aliphatic carbocycles. The van der Waals surface area contributed by atoms with Crippen molar-refractivity contribution < 1.29 is 0 Å². The largest absolute Gasteiger partial charge is 0.356 e. The van der Waals surface area contributed by atoms with Crippen molar-refractivity contribution in [3.63, 3.8) is 0 Å². The molecule has 1 saturated heterocycles. The van der Waals surface area contributed by atoms with Crippen LogP contribution in [0, 0.1) is 0 Å². The van der Waals surface area contributed by atoms with Gasteiger partial charge in [-0.15, -0.1) is 0 Å². The summed E-state index contributed by atoms with van der Waals surface area (Å²) in [6.07, 6.45) is 8.86. The van der Waals surface area contributed by atoms with Crippen molar-refractivity contribution in [2.24, 2.45) is 4.99 Å². The van der Waals surface area contributed by atoms with Crippen LogP contribution < -0.4 is 10.6 Å². The molecule has 1 fully saturated rings. The van der Waals surface area contributed by atoms with Gasteiger partial charge >= 0.3 is 0 Å². The summed E-state index contributed by atoms with van der Waals surface area (Å²) in [5, 5.41) is 6.85. The molecular formula is C21H36N4. The second kappa shape index (κ2) is 11.9. The molecule has 2 N–H and O–H groups in total. The molecule has 1 aromatic rings. The minimum Gasteiger partial charge on any atom is -0.356 e. The van der Waals surface area contributed by atoms with Crippen LogP contribution in [0.2, 0.25) is 0 Å². The van der Waals surface area contributed by atoms with Gasteiger partial charge in [0.25, 0.3) is 0 Å². The third-order valence-electron chi connectivity index (χ3n) is 5.11. The van der Waals surface area contributed by atoms with E-state index in [-0.39, 0.29) is 0 Å². The molecule has 2 rings (SSSR count). The van der Waals surface area contributed by atoms with E-state index in [1.807, 2.05) is 7.05 Å². The first-order valence-electron chi connectivity index (χ1n) is 10.0. The molecule has 140 valence electrons. The molecule has 25 heavy (non-hydrogen) atoms. The lowest BCUT2D eigenvalue weighted by Gasteiger charge is -2.33. The summed E-state index contributed by atoms with van der Waals surface area (Å²) in [5.41, 5.74) is 1.40. The van der Waals surface area contributed by atoms with E-state index in [1.165, 1.54) is 50.8 Å². The van der Waals surface area contributed by atoms with E-state index in [9.17, 15) is 0 Å². The summed E-state index contributed by atoms with van der Waals surface area (Å²) in [6.45, 7) is 6.87. The maximum atomic E-state index is 4.32. The van der Waals surface area contributed by atoms with Gasteiger partial charge in [0.2, 0.25) is 0 Å². The van der Waals surface area contributed by atoms with Crippen LogP contribution in [0.25, 0.3) is 0 Å². The Kier molecular flexibility index (Phi) is 9.42. The Hall–Kier alpha value is -1.55. The number of hydrogen-bond donors (Lipinski definition) is 2. The summed E-state index contributed by atoms with van der Waals surface area (Å²) in [4.78, 5) is 6.97. The van der Waals surface area contributed by atoms with E-state index in [0.29, 0.717) is 0 Å². The number of benzene rings is 1. The Morgan fingerprint density at radius 3 is 2.56 bits per heavy atom. The number of piperidine rings is 1. The molecule has 1 atom stereocenters. The Balaban J connectivity index is 1.50. The van der Waals surface area contributed by atoms with Crippen molar-refractivity contribution in [2.45, 2.75) is 57.9 Å². The quantitative estimate of drug-likeness (QED) is 0.409. The predicted octanol–water partition coefficient (Wildman–Crippen LogP) is 3.44. The van der Waals surface area contributed by atoms with Gasteiger partial charge in [-0.2, -0.15) is 0 Å². The maximum Gasteiger partial charge on any atom is 0.190 e. The molecule has 0 bridgehead atoms. The van der Waals surface area contributed by atoms with Crippen LogP contribution in [0.15, 0.2) is 35.3 Å². The van der Waals surface area contributed by atoms with E-state index in [2.05, 4.69) is 57.8 Å². The number of guanidine groups is 1. The molecular weight excluding hydrogens is 308 g/mol. The van der Waals surface area contributed by atoms with Crippen LogP contribution >= 0.6 is 0 Å². The smallest absolute Gasteiger partial charge is 0.190 e. The van der Waals surface area contributed by atoms with E-state index in [1.54, 1.807) is 0 Å². The van der Waals surface area contributed by atoms with Crippen LogP contribution in [0.4, 0.5) is 0 Å². The highest BCUT2D eigenvalue weighted by Crippen LogP contribution is 2.16. The molecule has 0 amide bonds. The monoisotopic (exact) mass is 344 g/mol. The minimum absolute atomic E-state index is 0.778. The lowest BCUT2D eigenvalue weighted by Crippen LogP contribution is -2.39. The van der Waals surface area contributed by atoms with Crippen LogP contribution in [0.3, 0.4) is 0 Å². The first-order chi connectivity index (χ1) is 12.3. The van der Waals surface area contributed by atoms with Crippen molar-refractivity contribution in [3.8, 4) is 0 Å². The zero-order chi connectivity index (χ0) is 17.7. The molecule has 1 heterocycles. The van der Waals surface area contributed by atoms with Crippen molar-refractivity contribution >= 4 is 5.96 Å². The molecule has 1 aliphatic heterocycles. The van der Waals surface area contributed by atoms with E-state index in [0.717, 1.165) is 37.9 Å². The number of hydrogen-bond acceptors (Lipinski definition) is 2. The van der Waals surface area contributed by atoms with Crippen LogP contribution in [-0.4, -0.2) is 50.1 Å². The van der Waals surface area contributed by atoms with Crippen LogP contribution in [-0.2, 0) is 6.42 Å². The van der Waals surface area contributed by atoms with Crippen LogP contribution in [0.1, 0.15) is 51.0 Å². The summed E-state index contributed by atoms with van der Waals surface area (Å²) >= 11 is 0. The standard InChI is InChI=1S/C21H36N4/c1-19-11-6-8-17-25(19)18-9-7-15-23-21(22-2)24-16-10-14-20-12-4-3-5-13-20/h3-5,12-13,19H,6-11,14-18H2,1-2H3,(H2,22,23,24).